The van der Waals surface area contributed by atoms with E-state index in [9.17, 15) is 4.79 Å². The van der Waals surface area contributed by atoms with Crippen molar-refractivity contribution in [1.29, 1.82) is 0 Å². The summed E-state index contributed by atoms with van der Waals surface area (Å²) < 4.78 is 7.02. The maximum absolute atomic E-state index is 12.1. The summed E-state index contributed by atoms with van der Waals surface area (Å²) in [5.74, 6) is -0.295. The molecule has 4 aromatic rings. The topological polar surface area (TPSA) is 71.4 Å². The highest BCUT2D eigenvalue weighted by molar-refractivity contribution is 7.80. The number of hydrogen-bond donors (Lipinski definition) is 2. The predicted molar refractivity (Wildman–Crippen MR) is 165 cm³/mol. The lowest BCUT2D eigenvalue weighted by molar-refractivity contribution is -0.119. The standard InChI is InChI=1S/C29H26Cl3N5O2S/c1-16-12-20(17(2)36(16)25-10-7-18(30)13-22(25)32)28-27(24-6-4-5-11-33-24)35-29(40)37(28)19-8-9-23(21(31)14-19)34-26(38)15-39-3/h4-14,27-28H,15H2,1-3H3,(H,34,38)(H,35,40). The van der Waals surface area contributed by atoms with Crippen LogP contribution in [0.5, 0.6) is 0 Å². The van der Waals surface area contributed by atoms with Gasteiger partial charge in [-0.2, -0.15) is 0 Å². The number of halogens is 3. The maximum atomic E-state index is 12.1. The molecular weight excluding hydrogens is 589 g/mol. The Morgan fingerprint density at radius 1 is 1.07 bits per heavy atom. The molecule has 0 radical (unpaired) electrons. The van der Waals surface area contributed by atoms with Crippen molar-refractivity contribution < 1.29 is 9.53 Å². The first kappa shape index (κ1) is 28.4. The molecule has 206 valence electrons. The zero-order valence-electron chi connectivity index (χ0n) is 21.9. The average Bonchev–Trinajstić information content (AvgIpc) is 3.41. The molecule has 40 heavy (non-hydrogen) atoms. The number of carbonyl (C=O) groups excluding carboxylic acids is 1. The maximum Gasteiger partial charge on any atom is 0.250 e. The lowest BCUT2D eigenvalue weighted by atomic mass is 9.96. The third-order valence-corrected chi connectivity index (χ3v) is 7.98. The Morgan fingerprint density at radius 2 is 1.88 bits per heavy atom. The van der Waals surface area contributed by atoms with Crippen LogP contribution in [0.1, 0.15) is 34.7 Å². The van der Waals surface area contributed by atoms with Gasteiger partial charge in [-0.1, -0.05) is 40.9 Å². The minimum atomic E-state index is -0.295. The summed E-state index contributed by atoms with van der Waals surface area (Å²) in [7, 11) is 1.46. The fraction of sp³-hybridized carbons (Fsp3) is 0.207. The molecule has 1 saturated heterocycles. The average molecular weight is 615 g/mol. The van der Waals surface area contributed by atoms with Crippen LogP contribution in [0.4, 0.5) is 11.4 Å². The number of amides is 1. The summed E-state index contributed by atoms with van der Waals surface area (Å²) in [6.45, 7) is 4.03. The first-order chi connectivity index (χ1) is 19.2. The number of aryl methyl sites for hydroxylation is 1. The second-order valence-electron chi connectivity index (χ2n) is 9.40. The van der Waals surface area contributed by atoms with Gasteiger partial charge >= 0.3 is 0 Å². The van der Waals surface area contributed by atoms with E-state index in [0.29, 0.717) is 25.9 Å². The number of rotatable bonds is 7. The molecule has 2 aromatic heterocycles. The minimum Gasteiger partial charge on any atom is -0.375 e. The molecule has 2 N–H and O–H groups in total. The minimum absolute atomic E-state index is 0.0701. The van der Waals surface area contributed by atoms with Gasteiger partial charge in [0.25, 0.3) is 0 Å². The Labute approximate surface area is 253 Å². The van der Waals surface area contributed by atoms with E-state index in [0.717, 1.165) is 34.0 Å². The molecule has 0 aliphatic carbocycles. The molecule has 1 aliphatic heterocycles. The molecule has 1 fully saturated rings. The molecule has 1 amide bonds. The quantitative estimate of drug-likeness (QED) is 0.214. The Morgan fingerprint density at radius 3 is 2.55 bits per heavy atom. The van der Waals surface area contributed by atoms with Crippen LogP contribution in [-0.2, 0) is 9.53 Å². The highest BCUT2D eigenvalue weighted by atomic mass is 35.5. The van der Waals surface area contributed by atoms with Gasteiger partial charge < -0.3 is 24.8 Å². The van der Waals surface area contributed by atoms with Crippen molar-refractivity contribution in [2.75, 3.05) is 23.9 Å². The smallest absolute Gasteiger partial charge is 0.250 e. The summed E-state index contributed by atoms with van der Waals surface area (Å²) in [5.41, 5.74) is 5.98. The molecular formula is C29H26Cl3N5O2S. The van der Waals surface area contributed by atoms with Crippen LogP contribution < -0.4 is 15.5 Å². The van der Waals surface area contributed by atoms with Gasteiger partial charge in [0, 0.05) is 35.4 Å². The van der Waals surface area contributed by atoms with E-state index in [1.807, 2.05) is 48.2 Å². The number of ether oxygens (including phenoxy) is 1. The highest BCUT2D eigenvalue weighted by Gasteiger charge is 2.42. The van der Waals surface area contributed by atoms with Crippen molar-refractivity contribution in [3.63, 3.8) is 0 Å². The van der Waals surface area contributed by atoms with Crippen LogP contribution >= 0.6 is 47.0 Å². The Kier molecular flexibility index (Phi) is 8.35. The van der Waals surface area contributed by atoms with Crippen LogP contribution in [0, 0.1) is 13.8 Å². The zero-order valence-corrected chi connectivity index (χ0v) is 25.0. The highest BCUT2D eigenvalue weighted by Crippen LogP contribution is 2.45. The molecule has 0 spiro atoms. The SMILES string of the molecule is COCC(=O)Nc1ccc(N2C(=S)NC(c3ccccn3)C2c2cc(C)n(-c3ccc(Cl)cc3Cl)c2C)cc1Cl. The van der Waals surface area contributed by atoms with E-state index in [1.54, 1.807) is 24.4 Å². The first-order valence-electron chi connectivity index (χ1n) is 12.4. The molecule has 2 unspecified atom stereocenters. The van der Waals surface area contributed by atoms with Crippen molar-refractivity contribution in [3.8, 4) is 5.69 Å². The number of hydrogen-bond acceptors (Lipinski definition) is 4. The van der Waals surface area contributed by atoms with E-state index in [-0.39, 0.29) is 24.6 Å². The Bertz CT molecular complexity index is 1590. The van der Waals surface area contributed by atoms with Gasteiger partial charge in [0.05, 0.1) is 39.2 Å². The monoisotopic (exact) mass is 613 g/mol. The second-order valence-corrected chi connectivity index (χ2v) is 11.0. The Hall–Kier alpha value is -3.14. The number of thiocarbonyl (C=S) groups is 1. The fourth-order valence-electron chi connectivity index (χ4n) is 5.14. The molecule has 2 aromatic carbocycles. The predicted octanol–water partition coefficient (Wildman–Crippen LogP) is 7.21. The van der Waals surface area contributed by atoms with Crippen molar-refractivity contribution in [2.45, 2.75) is 25.9 Å². The van der Waals surface area contributed by atoms with E-state index in [4.69, 9.17) is 51.8 Å². The second kappa shape index (κ2) is 11.8. The summed E-state index contributed by atoms with van der Waals surface area (Å²) >= 11 is 25.3. The van der Waals surface area contributed by atoms with Crippen LogP contribution in [0.25, 0.3) is 5.69 Å². The van der Waals surface area contributed by atoms with Gasteiger partial charge in [-0.3, -0.25) is 9.78 Å². The van der Waals surface area contributed by atoms with Crippen LogP contribution in [0.15, 0.2) is 66.9 Å². The van der Waals surface area contributed by atoms with Gasteiger partial charge in [0.2, 0.25) is 5.91 Å². The number of nitrogens with zero attached hydrogens (tertiary/aromatic N) is 3. The summed E-state index contributed by atoms with van der Waals surface area (Å²) in [6, 6.07) is 18.4. The molecule has 1 aliphatic rings. The van der Waals surface area contributed by atoms with Crippen LogP contribution in [0.2, 0.25) is 15.1 Å². The molecule has 0 bridgehead atoms. The largest absolute Gasteiger partial charge is 0.375 e. The molecule has 2 atom stereocenters. The van der Waals surface area contributed by atoms with Gasteiger partial charge in [-0.05, 0) is 86.2 Å². The number of nitrogens with one attached hydrogen (secondary N) is 2. The summed E-state index contributed by atoms with van der Waals surface area (Å²) in [4.78, 5) is 18.7. The Balaban J connectivity index is 1.62. The zero-order chi connectivity index (χ0) is 28.6. The van der Waals surface area contributed by atoms with Crippen molar-refractivity contribution in [1.82, 2.24) is 14.9 Å². The van der Waals surface area contributed by atoms with Gasteiger partial charge in [-0.25, -0.2) is 0 Å². The molecule has 7 nitrogen and oxygen atoms in total. The molecule has 11 heteroatoms. The third kappa shape index (κ3) is 5.42. The van der Waals surface area contributed by atoms with E-state index < -0.39 is 0 Å². The van der Waals surface area contributed by atoms with E-state index >= 15 is 0 Å². The lowest BCUT2D eigenvalue weighted by Gasteiger charge is -2.28. The molecule has 0 saturated carbocycles. The molecule has 3 heterocycles. The third-order valence-electron chi connectivity index (χ3n) is 6.82. The lowest BCUT2D eigenvalue weighted by Crippen LogP contribution is -2.29. The van der Waals surface area contributed by atoms with Crippen molar-refractivity contribution >= 4 is 69.4 Å². The van der Waals surface area contributed by atoms with Crippen LogP contribution in [0.3, 0.4) is 0 Å². The van der Waals surface area contributed by atoms with Gasteiger partial charge in [0.15, 0.2) is 5.11 Å². The number of carbonyl (C=O) groups is 1. The normalized spacial score (nSPS) is 16.8. The molecule has 5 rings (SSSR count). The van der Waals surface area contributed by atoms with Gasteiger partial charge in [-0.15, -0.1) is 0 Å². The number of benzene rings is 2. The first-order valence-corrected chi connectivity index (χ1v) is 14.0. The van der Waals surface area contributed by atoms with E-state index in [1.165, 1.54) is 7.11 Å². The summed E-state index contributed by atoms with van der Waals surface area (Å²) in [6.07, 6.45) is 1.77. The van der Waals surface area contributed by atoms with Crippen molar-refractivity contribution in [3.05, 3.63) is 105 Å². The number of methoxy groups -OCH3 is 1. The van der Waals surface area contributed by atoms with Crippen molar-refractivity contribution in [2.24, 2.45) is 0 Å². The van der Waals surface area contributed by atoms with Crippen LogP contribution in [-0.4, -0.2) is 34.3 Å². The van der Waals surface area contributed by atoms with Gasteiger partial charge in [0.1, 0.15) is 6.61 Å². The van der Waals surface area contributed by atoms with E-state index in [2.05, 4.69) is 33.2 Å². The number of pyridine rings is 1. The number of aromatic nitrogens is 2. The number of anilines is 2. The fourth-order valence-corrected chi connectivity index (χ4v) is 6.20. The summed E-state index contributed by atoms with van der Waals surface area (Å²) in [5, 5.41) is 8.28.